The van der Waals surface area contributed by atoms with Gasteiger partial charge < -0.3 is 20.6 Å². The van der Waals surface area contributed by atoms with Gasteiger partial charge in [-0.25, -0.2) is 4.79 Å². The van der Waals surface area contributed by atoms with Crippen LogP contribution < -0.4 is 10.6 Å². The summed E-state index contributed by atoms with van der Waals surface area (Å²) < 4.78 is 0. The van der Waals surface area contributed by atoms with Crippen molar-refractivity contribution in [2.24, 2.45) is 0 Å². The van der Waals surface area contributed by atoms with E-state index in [1.807, 2.05) is 0 Å². The van der Waals surface area contributed by atoms with Crippen LogP contribution in [0.3, 0.4) is 0 Å². The van der Waals surface area contributed by atoms with Gasteiger partial charge in [-0.2, -0.15) is 0 Å². The first kappa shape index (κ1) is 18.3. The third-order valence-electron chi connectivity index (χ3n) is 3.88. The number of carbonyl (C=O) groups is 3. The van der Waals surface area contributed by atoms with Crippen molar-refractivity contribution in [3.63, 3.8) is 0 Å². The molecule has 1 aliphatic rings. The maximum Gasteiger partial charge on any atom is 0.315 e. The molecule has 3 amide bonds. The Balaban J connectivity index is 2.07. The Kier molecular flexibility index (Phi) is 8.32. The molecule has 1 rings (SSSR count). The summed E-state index contributed by atoms with van der Waals surface area (Å²) in [5, 5.41) is 14.3. The molecule has 7 nitrogen and oxygen atoms in total. The monoisotopic (exact) mass is 313 g/mol. The van der Waals surface area contributed by atoms with Gasteiger partial charge in [-0.3, -0.25) is 9.59 Å². The zero-order chi connectivity index (χ0) is 16.4. The zero-order valence-corrected chi connectivity index (χ0v) is 13.3. The molecule has 0 aliphatic heterocycles. The zero-order valence-electron chi connectivity index (χ0n) is 13.3. The number of carbonyl (C=O) groups excluding carboxylic acids is 2. The van der Waals surface area contributed by atoms with E-state index in [2.05, 4.69) is 10.6 Å². The topological polar surface area (TPSA) is 98.7 Å². The van der Waals surface area contributed by atoms with E-state index in [1.54, 1.807) is 7.05 Å². The van der Waals surface area contributed by atoms with E-state index in [0.717, 1.165) is 12.8 Å². The number of hydrogen-bond donors (Lipinski definition) is 3. The van der Waals surface area contributed by atoms with Crippen LogP contribution in [0, 0.1) is 0 Å². The van der Waals surface area contributed by atoms with Crippen molar-refractivity contribution in [2.75, 3.05) is 20.1 Å². The van der Waals surface area contributed by atoms with Crippen LogP contribution in [0.1, 0.15) is 51.4 Å². The van der Waals surface area contributed by atoms with Crippen molar-refractivity contribution in [3.05, 3.63) is 0 Å². The molecule has 7 heteroatoms. The van der Waals surface area contributed by atoms with Crippen LogP contribution in [-0.4, -0.2) is 54.1 Å². The molecule has 1 aliphatic carbocycles. The third-order valence-corrected chi connectivity index (χ3v) is 3.88. The van der Waals surface area contributed by atoms with E-state index in [-0.39, 0.29) is 30.9 Å². The van der Waals surface area contributed by atoms with Crippen molar-refractivity contribution >= 4 is 17.9 Å². The summed E-state index contributed by atoms with van der Waals surface area (Å²) in [5.41, 5.74) is 0. The number of nitrogens with one attached hydrogen (secondary N) is 2. The fourth-order valence-electron chi connectivity index (χ4n) is 2.50. The molecule has 1 fully saturated rings. The standard InChI is InChI=1S/C15H27N3O4/c1-18(11-9-14(20)21)13(19)8-5-10-16-15(22)17-12-6-3-2-4-7-12/h12H,2-11H2,1H3,(H,20,21)(H2,16,17,22). The van der Waals surface area contributed by atoms with Gasteiger partial charge in [0.05, 0.1) is 6.42 Å². The molecule has 126 valence electrons. The lowest BCUT2D eigenvalue weighted by Crippen LogP contribution is -2.43. The van der Waals surface area contributed by atoms with Gasteiger partial charge in [-0.1, -0.05) is 19.3 Å². The van der Waals surface area contributed by atoms with Gasteiger partial charge in [0.15, 0.2) is 0 Å². The summed E-state index contributed by atoms with van der Waals surface area (Å²) in [5.74, 6) is -1.02. The molecular formula is C15H27N3O4. The molecule has 0 atom stereocenters. The van der Waals surface area contributed by atoms with E-state index in [0.29, 0.717) is 19.4 Å². The molecular weight excluding hydrogens is 286 g/mol. The van der Waals surface area contributed by atoms with E-state index in [4.69, 9.17) is 5.11 Å². The number of rotatable bonds is 8. The van der Waals surface area contributed by atoms with Crippen LogP contribution in [0.25, 0.3) is 0 Å². The van der Waals surface area contributed by atoms with Gasteiger partial charge in [0.1, 0.15) is 0 Å². The third kappa shape index (κ3) is 7.85. The number of nitrogens with zero attached hydrogens (tertiary/aromatic N) is 1. The van der Waals surface area contributed by atoms with Crippen LogP contribution in [0.2, 0.25) is 0 Å². The van der Waals surface area contributed by atoms with Gasteiger partial charge in [0, 0.05) is 32.6 Å². The molecule has 0 radical (unpaired) electrons. The highest BCUT2D eigenvalue weighted by atomic mass is 16.4. The quantitative estimate of drug-likeness (QED) is 0.589. The Morgan fingerprint density at radius 2 is 1.82 bits per heavy atom. The summed E-state index contributed by atoms with van der Waals surface area (Å²) in [6, 6.07) is 0.108. The number of urea groups is 1. The second kappa shape index (κ2) is 10.0. The largest absolute Gasteiger partial charge is 0.481 e. The van der Waals surface area contributed by atoms with E-state index >= 15 is 0 Å². The highest BCUT2D eigenvalue weighted by molar-refractivity contribution is 5.77. The van der Waals surface area contributed by atoms with Crippen LogP contribution >= 0.6 is 0 Å². The molecule has 0 spiro atoms. The van der Waals surface area contributed by atoms with Gasteiger partial charge in [0.2, 0.25) is 5.91 Å². The molecule has 0 saturated heterocycles. The summed E-state index contributed by atoms with van der Waals surface area (Å²) in [6.07, 6.45) is 6.47. The fourth-order valence-corrected chi connectivity index (χ4v) is 2.50. The first-order valence-electron chi connectivity index (χ1n) is 7.99. The summed E-state index contributed by atoms with van der Waals surface area (Å²) in [4.78, 5) is 35.3. The molecule has 0 aromatic heterocycles. The summed E-state index contributed by atoms with van der Waals surface area (Å²) in [6.45, 7) is 0.654. The number of carboxylic acids is 1. The van der Waals surface area contributed by atoms with Crippen LogP contribution in [-0.2, 0) is 9.59 Å². The van der Waals surface area contributed by atoms with Crippen LogP contribution in [0.4, 0.5) is 4.79 Å². The molecule has 22 heavy (non-hydrogen) atoms. The Labute approximate surface area is 131 Å². The minimum absolute atomic E-state index is 0.0513. The minimum Gasteiger partial charge on any atom is -0.481 e. The minimum atomic E-state index is -0.916. The first-order chi connectivity index (χ1) is 10.5. The van der Waals surface area contributed by atoms with Crippen molar-refractivity contribution in [1.82, 2.24) is 15.5 Å². The van der Waals surface area contributed by atoms with E-state index < -0.39 is 5.97 Å². The lowest BCUT2D eigenvalue weighted by molar-refractivity contribution is -0.138. The van der Waals surface area contributed by atoms with Crippen LogP contribution in [0.15, 0.2) is 0 Å². The van der Waals surface area contributed by atoms with Gasteiger partial charge in [-0.05, 0) is 19.3 Å². The van der Waals surface area contributed by atoms with Crippen molar-refractivity contribution in [1.29, 1.82) is 0 Å². The molecule has 1 saturated carbocycles. The first-order valence-corrected chi connectivity index (χ1v) is 7.99. The molecule has 0 heterocycles. The Morgan fingerprint density at radius 3 is 2.45 bits per heavy atom. The van der Waals surface area contributed by atoms with Crippen molar-refractivity contribution < 1.29 is 19.5 Å². The smallest absolute Gasteiger partial charge is 0.315 e. The van der Waals surface area contributed by atoms with Gasteiger partial charge in [-0.15, -0.1) is 0 Å². The lowest BCUT2D eigenvalue weighted by atomic mass is 9.96. The average molecular weight is 313 g/mol. The molecule has 0 unspecified atom stereocenters. The number of carboxylic acid groups (broad SMARTS) is 1. The van der Waals surface area contributed by atoms with E-state index in [9.17, 15) is 14.4 Å². The van der Waals surface area contributed by atoms with Gasteiger partial charge in [0.25, 0.3) is 0 Å². The molecule has 0 aromatic carbocycles. The molecule has 0 aromatic rings. The normalized spacial score (nSPS) is 15.1. The maximum absolute atomic E-state index is 11.7. The predicted octanol–water partition coefficient (Wildman–Crippen LogP) is 1.33. The SMILES string of the molecule is CN(CCC(=O)O)C(=O)CCCNC(=O)NC1CCCCC1. The summed E-state index contributed by atoms with van der Waals surface area (Å²) >= 11 is 0. The molecule has 3 N–H and O–H groups in total. The van der Waals surface area contributed by atoms with E-state index in [1.165, 1.54) is 24.2 Å². The Hall–Kier alpha value is -1.79. The maximum atomic E-state index is 11.7. The number of amides is 3. The second-order valence-corrected chi connectivity index (χ2v) is 5.80. The van der Waals surface area contributed by atoms with Crippen molar-refractivity contribution in [3.8, 4) is 0 Å². The van der Waals surface area contributed by atoms with Crippen molar-refractivity contribution in [2.45, 2.75) is 57.4 Å². The highest BCUT2D eigenvalue weighted by Crippen LogP contribution is 2.17. The summed E-state index contributed by atoms with van der Waals surface area (Å²) in [7, 11) is 1.59. The fraction of sp³-hybridized carbons (Fsp3) is 0.800. The predicted molar refractivity (Wildman–Crippen MR) is 82.5 cm³/mol. The Morgan fingerprint density at radius 1 is 1.14 bits per heavy atom. The number of hydrogen-bond acceptors (Lipinski definition) is 3. The lowest BCUT2D eigenvalue weighted by Gasteiger charge is -2.22. The average Bonchev–Trinajstić information content (AvgIpc) is 2.49. The molecule has 0 bridgehead atoms. The number of aliphatic carboxylic acids is 1. The van der Waals surface area contributed by atoms with Crippen LogP contribution in [0.5, 0.6) is 0 Å². The highest BCUT2D eigenvalue weighted by Gasteiger charge is 2.15. The second-order valence-electron chi connectivity index (χ2n) is 5.80. The van der Waals surface area contributed by atoms with Gasteiger partial charge >= 0.3 is 12.0 Å². The Bertz CT molecular complexity index is 381.